The number of ketones is 1. The molecule has 2 aromatic rings. The Morgan fingerprint density at radius 3 is 2.53 bits per heavy atom. The first-order valence-corrected chi connectivity index (χ1v) is 10.4. The van der Waals surface area contributed by atoms with Crippen LogP contribution in [0.1, 0.15) is 22.8 Å². The van der Waals surface area contributed by atoms with Gasteiger partial charge in [0.25, 0.3) is 0 Å². The van der Waals surface area contributed by atoms with Gasteiger partial charge in [0.15, 0.2) is 17.7 Å². The standard InChI is InChI=1S/C24H25N3O5/c1-4-32-24(29)17-14-25-27-19(16-10-11-20(30-2)21(12-16)31-3)13-18(26-23(17)27)22(28)15-8-6-5-7-9-15/h5-13,17,23,25H,4,14H2,1-3H3. The van der Waals surface area contributed by atoms with Gasteiger partial charge in [-0.1, -0.05) is 30.3 Å². The van der Waals surface area contributed by atoms with Crippen molar-refractivity contribution < 1.29 is 23.8 Å². The fourth-order valence-corrected chi connectivity index (χ4v) is 3.86. The lowest BCUT2D eigenvalue weighted by atomic mass is 9.99. The van der Waals surface area contributed by atoms with Crippen LogP contribution in [0, 0.1) is 5.92 Å². The fraction of sp³-hybridized carbons (Fsp3) is 0.292. The number of hydrogen-bond acceptors (Lipinski definition) is 8. The number of carbonyl (C=O) groups excluding carboxylic acids is 2. The maximum atomic E-state index is 13.2. The molecule has 2 heterocycles. The number of methoxy groups -OCH3 is 2. The van der Waals surface area contributed by atoms with Gasteiger partial charge in [0.05, 0.1) is 26.5 Å². The minimum Gasteiger partial charge on any atom is -0.493 e. The molecule has 1 fully saturated rings. The van der Waals surface area contributed by atoms with Gasteiger partial charge in [-0.2, -0.15) is 0 Å². The second-order valence-corrected chi connectivity index (χ2v) is 7.31. The first-order valence-electron chi connectivity index (χ1n) is 10.4. The fourth-order valence-electron chi connectivity index (χ4n) is 3.86. The normalized spacial score (nSPS) is 19.5. The molecule has 0 radical (unpaired) electrons. The number of esters is 1. The zero-order chi connectivity index (χ0) is 22.7. The van der Waals surface area contributed by atoms with E-state index in [4.69, 9.17) is 14.2 Å². The van der Waals surface area contributed by atoms with Crippen LogP contribution in [0.5, 0.6) is 11.5 Å². The van der Waals surface area contributed by atoms with Crippen molar-refractivity contribution >= 4 is 23.2 Å². The molecule has 0 bridgehead atoms. The Balaban J connectivity index is 1.78. The van der Waals surface area contributed by atoms with Crippen LogP contribution in [0.4, 0.5) is 0 Å². The summed E-state index contributed by atoms with van der Waals surface area (Å²) in [7, 11) is 3.14. The minimum absolute atomic E-state index is 0.210. The molecule has 32 heavy (non-hydrogen) atoms. The highest BCUT2D eigenvalue weighted by atomic mass is 16.5. The second kappa shape index (κ2) is 9.23. The number of Topliss-reactive ketones (excluding diaryl/α,β-unsaturated/α-hetero) is 1. The molecule has 2 unspecified atom stereocenters. The summed E-state index contributed by atoms with van der Waals surface area (Å²) in [4.78, 5) is 30.4. The molecular formula is C24H25N3O5. The maximum Gasteiger partial charge on any atom is 0.314 e. The lowest BCUT2D eigenvalue weighted by Gasteiger charge is -2.31. The van der Waals surface area contributed by atoms with Crippen LogP contribution in [-0.4, -0.2) is 56.0 Å². The summed E-state index contributed by atoms with van der Waals surface area (Å²) in [5.41, 5.74) is 5.54. The summed E-state index contributed by atoms with van der Waals surface area (Å²) in [6.45, 7) is 2.39. The molecule has 8 nitrogen and oxygen atoms in total. The smallest absolute Gasteiger partial charge is 0.314 e. The van der Waals surface area contributed by atoms with Crippen molar-refractivity contribution in [2.24, 2.45) is 10.9 Å². The highest BCUT2D eigenvalue weighted by molar-refractivity contribution is 6.50. The van der Waals surface area contributed by atoms with Crippen molar-refractivity contribution in [3.8, 4) is 11.5 Å². The van der Waals surface area contributed by atoms with Gasteiger partial charge in [-0.15, -0.1) is 0 Å². The van der Waals surface area contributed by atoms with Crippen molar-refractivity contribution in [1.82, 2.24) is 10.4 Å². The van der Waals surface area contributed by atoms with Crippen molar-refractivity contribution in [3.63, 3.8) is 0 Å². The van der Waals surface area contributed by atoms with Gasteiger partial charge in [0.1, 0.15) is 11.6 Å². The molecule has 0 aromatic heterocycles. The summed E-state index contributed by atoms with van der Waals surface area (Å²) >= 11 is 0. The van der Waals surface area contributed by atoms with Crippen LogP contribution in [0.15, 0.2) is 59.6 Å². The van der Waals surface area contributed by atoms with E-state index in [-0.39, 0.29) is 24.1 Å². The second-order valence-electron chi connectivity index (χ2n) is 7.31. The quantitative estimate of drug-likeness (QED) is 0.528. The molecule has 0 saturated carbocycles. The van der Waals surface area contributed by atoms with E-state index in [1.54, 1.807) is 57.6 Å². The Kier molecular flexibility index (Phi) is 6.23. The molecule has 0 aliphatic carbocycles. The van der Waals surface area contributed by atoms with Crippen molar-refractivity contribution in [3.05, 3.63) is 65.7 Å². The summed E-state index contributed by atoms with van der Waals surface area (Å²) < 4.78 is 16.0. The third-order valence-corrected chi connectivity index (χ3v) is 5.45. The number of nitrogens with one attached hydrogen (secondary N) is 1. The Hall–Kier alpha value is -3.65. The van der Waals surface area contributed by atoms with Gasteiger partial charge in [-0.3, -0.25) is 19.6 Å². The van der Waals surface area contributed by atoms with Crippen molar-refractivity contribution in [2.45, 2.75) is 13.1 Å². The molecule has 0 amide bonds. The molecule has 8 heteroatoms. The van der Waals surface area contributed by atoms with Crippen LogP contribution < -0.4 is 14.9 Å². The van der Waals surface area contributed by atoms with Gasteiger partial charge in [-0.05, 0) is 31.2 Å². The van der Waals surface area contributed by atoms with Crippen molar-refractivity contribution in [2.75, 3.05) is 27.4 Å². The number of carbonyl (C=O) groups is 2. The number of hydrazine groups is 1. The van der Waals surface area contributed by atoms with Crippen LogP contribution in [-0.2, 0) is 9.53 Å². The van der Waals surface area contributed by atoms with Crippen LogP contribution in [0.3, 0.4) is 0 Å². The summed E-state index contributed by atoms with van der Waals surface area (Å²) in [5.74, 6) is 0.0469. The van der Waals surface area contributed by atoms with Gasteiger partial charge >= 0.3 is 5.97 Å². The number of benzene rings is 2. The number of hydrogen-bond donors (Lipinski definition) is 1. The summed E-state index contributed by atoms with van der Waals surface area (Å²) in [6, 6.07) is 14.5. The van der Waals surface area contributed by atoms with E-state index >= 15 is 0 Å². The Labute approximate surface area is 186 Å². The summed E-state index contributed by atoms with van der Waals surface area (Å²) in [6.07, 6.45) is 1.12. The predicted octanol–water partition coefficient (Wildman–Crippen LogP) is 2.71. The number of nitrogens with zero attached hydrogens (tertiary/aromatic N) is 2. The molecule has 0 spiro atoms. The van der Waals surface area contributed by atoms with E-state index in [1.807, 2.05) is 23.2 Å². The number of allylic oxidation sites excluding steroid dienone is 1. The number of aliphatic imine (C=N–C) groups is 1. The molecule has 2 atom stereocenters. The molecule has 2 aromatic carbocycles. The van der Waals surface area contributed by atoms with E-state index < -0.39 is 12.1 Å². The topological polar surface area (TPSA) is 89.5 Å². The Morgan fingerprint density at radius 1 is 1.09 bits per heavy atom. The van der Waals surface area contributed by atoms with E-state index in [2.05, 4.69) is 10.4 Å². The molecular weight excluding hydrogens is 410 g/mol. The van der Waals surface area contributed by atoms with Gasteiger partial charge in [0, 0.05) is 17.7 Å². The first-order chi connectivity index (χ1) is 15.6. The summed E-state index contributed by atoms with van der Waals surface area (Å²) in [5, 5.41) is 1.81. The average molecular weight is 435 g/mol. The molecule has 1 saturated heterocycles. The number of fused-ring (bicyclic) bond motifs is 1. The van der Waals surface area contributed by atoms with Crippen LogP contribution in [0.2, 0.25) is 0 Å². The Morgan fingerprint density at radius 2 is 1.84 bits per heavy atom. The molecule has 166 valence electrons. The van der Waals surface area contributed by atoms with Crippen LogP contribution >= 0.6 is 0 Å². The first kappa shape index (κ1) is 21.6. The van der Waals surface area contributed by atoms with Crippen LogP contribution in [0.25, 0.3) is 5.70 Å². The van der Waals surface area contributed by atoms with Gasteiger partial charge in [0.2, 0.25) is 5.78 Å². The highest BCUT2D eigenvalue weighted by Crippen LogP contribution is 2.36. The lowest BCUT2D eigenvalue weighted by molar-refractivity contribution is -0.148. The minimum atomic E-state index is -0.607. The van der Waals surface area contributed by atoms with E-state index in [1.165, 1.54) is 0 Å². The lowest BCUT2D eigenvalue weighted by Crippen LogP contribution is -2.41. The van der Waals surface area contributed by atoms with E-state index in [9.17, 15) is 9.59 Å². The molecule has 2 aliphatic heterocycles. The predicted molar refractivity (Wildman–Crippen MR) is 119 cm³/mol. The maximum absolute atomic E-state index is 13.2. The monoisotopic (exact) mass is 435 g/mol. The van der Waals surface area contributed by atoms with E-state index in [0.717, 1.165) is 5.56 Å². The molecule has 2 aliphatic rings. The number of rotatable bonds is 7. The number of ether oxygens (including phenoxy) is 3. The Bertz CT molecular complexity index is 1080. The SMILES string of the molecule is CCOC(=O)C1CNN2C(c3ccc(OC)c(OC)c3)=CC(C(=O)c3ccccc3)=NC12. The third kappa shape index (κ3) is 3.97. The molecule has 4 rings (SSSR count). The van der Waals surface area contributed by atoms with Gasteiger partial charge in [-0.25, -0.2) is 5.43 Å². The largest absolute Gasteiger partial charge is 0.493 e. The average Bonchev–Trinajstić information content (AvgIpc) is 3.27. The highest BCUT2D eigenvalue weighted by Gasteiger charge is 2.43. The molecule has 1 N–H and O–H groups in total. The zero-order valence-corrected chi connectivity index (χ0v) is 18.2. The van der Waals surface area contributed by atoms with Gasteiger partial charge < -0.3 is 14.2 Å². The van der Waals surface area contributed by atoms with Crippen molar-refractivity contribution in [1.29, 1.82) is 0 Å². The third-order valence-electron chi connectivity index (χ3n) is 5.45. The van der Waals surface area contributed by atoms with E-state index in [0.29, 0.717) is 29.3 Å². The zero-order valence-electron chi connectivity index (χ0n) is 18.2.